The van der Waals surface area contributed by atoms with Gasteiger partial charge in [0, 0.05) is 11.9 Å². The van der Waals surface area contributed by atoms with Gasteiger partial charge in [0.2, 0.25) is 11.9 Å². The molecule has 0 spiro atoms. The Morgan fingerprint density at radius 3 is 2.63 bits per heavy atom. The smallest absolute Gasteiger partial charge is 0.279 e. The van der Waals surface area contributed by atoms with E-state index in [4.69, 9.17) is 10.3 Å². The lowest BCUT2D eigenvalue weighted by molar-refractivity contribution is 0.419. The number of anilines is 3. The molecule has 0 saturated carbocycles. The molecular formula is C17H13FN8O. The highest BCUT2D eigenvalue weighted by Crippen LogP contribution is 2.19. The number of halogens is 1. The number of hydrogen-bond acceptors (Lipinski definition) is 9. The summed E-state index contributed by atoms with van der Waals surface area (Å²) in [4.78, 5) is 20.5. The highest BCUT2D eigenvalue weighted by atomic mass is 19.1. The Hall–Kier alpha value is -3.95. The van der Waals surface area contributed by atoms with Crippen LogP contribution in [0.5, 0.6) is 0 Å². The van der Waals surface area contributed by atoms with Crippen LogP contribution in [-0.4, -0.2) is 30.1 Å². The number of aromatic nitrogens is 6. The number of nitrogen functional groups attached to an aromatic ring is 1. The Morgan fingerprint density at radius 1 is 0.963 bits per heavy atom. The molecule has 0 aliphatic rings. The fraction of sp³-hybridized carbons (Fsp3) is 0.0588. The van der Waals surface area contributed by atoms with Crippen molar-refractivity contribution in [2.75, 3.05) is 11.1 Å². The molecule has 3 N–H and O–H groups in total. The molecule has 0 atom stereocenters. The zero-order valence-electron chi connectivity index (χ0n) is 13.9. The van der Waals surface area contributed by atoms with Gasteiger partial charge in [0.05, 0.1) is 6.42 Å². The zero-order chi connectivity index (χ0) is 18.6. The molecule has 0 amide bonds. The molecule has 9 nitrogen and oxygen atoms in total. The molecule has 4 rings (SSSR count). The van der Waals surface area contributed by atoms with Gasteiger partial charge in [-0.05, 0) is 24.3 Å². The van der Waals surface area contributed by atoms with E-state index >= 15 is 0 Å². The maximum atomic E-state index is 13.8. The van der Waals surface area contributed by atoms with E-state index in [1.54, 1.807) is 0 Å². The lowest BCUT2D eigenvalue weighted by atomic mass is 10.3. The Labute approximate surface area is 152 Å². The first kappa shape index (κ1) is 16.5. The quantitative estimate of drug-likeness (QED) is 0.548. The first-order valence-corrected chi connectivity index (χ1v) is 7.93. The molecule has 1 aromatic carbocycles. The number of nitrogens with one attached hydrogen (secondary N) is 1. The molecule has 0 fully saturated rings. The summed E-state index contributed by atoms with van der Waals surface area (Å²) in [6, 6.07) is 12.1. The summed E-state index contributed by atoms with van der Waals surface area (Å²) in [6.07, 6.45) is 1.57. The van der Waals surface area contributed by atoms with Crippen molar-refractivity contribution in [3.05, 3.63) is 66.1 Å². The number of hydrogen-bond donors (Lipinski definition) is 2. The first-order valence-electron chi connectivity index (χ1n) is 7.93. The summed E-state index contributed by atoms with van der Waals surface area (Å²) in [7, 11) is 0. The van der Waals surface area contributed by atoms with Gasteiger partial charge >= 0.3 is 0 Å². The van der Waals surface area contributed by atoms with Crippen LogP contribution in [-0.2, 0) is 6.42 Å². The summed E-state index contributed by atoms with van der Waals surface area (Å²) >= 11 is 0. The molecule has 10 heteroatoms. The molecule has 0 aliphatic heterocycles. The number of nitrogens with zero attached hydrogens (tertiary/aromatic N) is 6. The highest BCUT2D eigenvalue weighted by Gasteiger charge is 2.16. The minimum Gasteiger partial charge on any atom is -0.368 e. The predicted molar refractivity (Wildman–Crippen MR) is 94.3 cm³/mol. The second kappa shape index (κ2) is 7.12. The molecule has 27 heavy (non-hydrogen) atoms. The van der Waals surface area contributed by atoms with Crippen molar-refractivity contribution < 1.29 is 8.91 Å². The lowest BCUT2D eigenvalue weighted by Crippen LogP contribution is -2.08. The lowest BCUT2D eigenvalue weighted by Gasteiger charge is -2.06. The maximum Gasteiger partial charge on any atom is 0.279 e. The summed E-state index contributed by atoms with van der Waals surface area (Å²) in [5, 5.41) is 6.86. The minimum absolute atomic E-state index is 0.0159. The Morgan fingerprint density at radius 2 is 1.81 bits per heavy atom. The Kier molecular flexibility index (Phi) is 4.35. The van der Waals surface area contributed by atoms with E-state index in [1.165, 1.54) is 18.3 Å². The van der Waals surface area contributed by atoms with Gasteiger partial charge in [-0.25, -0.2) is 9.37 Å². The van der Waals surface area contributed by atoms with Gasteiger partial charge < -0.3 is 15.6 Å². The van der Waals surface area contributed by atoms with E-state index in [2.05, 4.69) is 35.4 Å². The standard InChI is InChI=1S/C17H13FN8O/c18-11-7-4-8-20-14(11)15-22-13(26-27-15)9-12-23-16(19)25-17(24-12)21-10-5-2-1-3-6-10/h1-8H,9H2,(H3,19,21,23,24,25). The molecule has 0 saturated heterocycles. The van der Waals surface area contributed by atoms with Gasteiger partial charge in [-0.3, -0.25) is 0 Å². The average Bonchev–Trinajstić information content (AvgIpc) is 3.10. The van der Waals surface area contributed by atoms with Crippen LogP contribution in [0.25, 0.3) is 11.6 Å². The molecule has 0 radical (unpaired) electrons. The minimum atomic E-state index is -0.550. The monoisotopic (exact) mass is 364 g/mol. The predicted octanol–water partition coefficient (Wildman–Crippen LogP) is 2.37. The third-order valence-electron chi connectivity index (χ3n) is 3.47. The van der Waals surface area contributed by atoms with Gasteiger partial charge in [-0.1, -0.05) is 23.4 Å². The van der Waals surface area contributed by atoms with E-state index in [0.29, 0.717) is 11.8 Å². The number of rotatable bonds is 5. The third-order valence-corrected chi connectivity index (χ3v) is 3.47. The van der Waals surface area contributed by atoms with Gasteiger partial charge in [-0.2, -0.15) is 19.9 Å². The van der Waals surface area contributed by atoms with Gasteiger partial charge in [0.15, 0.2) is 17.3 Å². The fourth-order valence-electron chi connectivity index (χ4n) is 2.33. The second-order valence-electron chi connectivity index (χ2n) is 5.45. The molecule has 0 aliphatic carbocycles. The summed E-state index contributed by atoms with van der Waals surface area (Å²) in [6.45, 7) is 0. The van der Waals surface area contributed by atoms with Crippen molar-refractivity contribution in [2.45, 2.75) is 6.42 Å². The summed E-state index contributed by atoms with van der Waals surface area (Å²) < 4.78 is 18.9. The van der Waals surface area contributed by atoms with E-state index in [0.717, 1.165) is 5.69 Å². The third kappa shape index (κ3) is 3.84. The van der Waals surface area contributed by atoms with Crippen LogP contribution in [0.2, 0.25) is 0 Å². The number of pyridine rings is 1. The normalized spacial score (nSPS) is 10.7. The highest BCUT2D eigenvalue weighted by molar-refractivity contribution is 5.53. The van der Waals surface area contributed by atoms with Crippen molar-refractivity contribution in [1.82, 2.24) is 30.1 Å². The molecule has 134 valence electrons. The molecule has 0 unspecified atom stereocenters. The van der Waals surface area contributed by atoms with Crippen LogP contribution in [0.1, 0.15) is 11.6 Å². The largest absolute Gasteiger partial charge is 0.368 e. The van der Waals surface area contributed by atoms with E-state index in [9.17, 15) is 4.39 Å². The Bertz CT molecular complexity index is 1070. The van der Waals surface area contributed by atoms with Crippen molar-refractivity contribution in [3.8, 4) is 11.6 Å². The summed E-state index contributed by atoms with van der Waals surface area (Å²) in [5.74, 6) is 0.390. The van der Waals surface area contributed by atoms with Gasteiger partial charge in [0.1, 0.15) is 5.82 Å². The zero-order valence-corrected chi connectivity index (χ0v) is 13.9. The van der Waals surface area contributed by atoms with Crippen LogP contribution in [0.3, 0.4) is 0 Å². The fourth-order valence-corrected chi connectivity index (χ4v) is 2.33. The van der Waals surface area contributed by atoms with Crippen molar-refractivity contribution in [1.29, 1.82) is 0 Å². The number of benzene rings is 1. The second-order valence-corrected chi connectivity index (χ2v) is 5.45. The molecule has 0 bridgehead atoms. The molecule has 3 heterocycles. The van der Waals surface area contributed by atoms with E-state index in [-0.39, 0.29) is 29.8 Å². The van der Waals surface area contributed by atoms with Crippen molar-refractivity contribution >= 4 is 17.6 Å². The van der Waals surface area contributed by atoms with Crippen LogP contribution in [0, 0.1) is 5.82 Å². The maximum absolute atomic E-state index is 13.8. The van der Waals surface area contributed by atoms with Crippen molar-refractivity contribution in [3.63, 3.8) is 0 Å². The molecule has 3 aromatic heterocycles. The molecular weight excluding hydrogens is 351 g/mol. The van der Waals surface area contributed by atoms with Crippen LogP contribution >= 0.6 is 0 Å². The van der Waals surface area contributed by atoms with Crippen LogP contribution in [0.15, 0.2) is 53.2 Å². The SMILES string of the molecule is Nc1nc(Cc2noc(-c3ncccc3F)n2)nc(Nc2ccccc2)n1. The first-order chi connectivity index (χ1) is 13.2. The van der Waals surface area contributed by atoms with Gasteiger partial charge in [0.25, 0.3) is 5.89 Å². The topological polar surface area (TPSA) is 129 Å². The van der Waals surface area contributed by atoms with Crippen molar-refractivity contribution in [2.24, 2.45) is 0 Å². The molecule has 4 aromatic rings. The average molecular weight is 364 g/mol. The summed E-state index contributed by atoms with van der Waals surface area (Å²) in [5.41, 5.74) is 6.55. The Balaban J connectivity index is 1.56. The van der Waals surface area contributed by atoms with Crippen LogP contribution in [0.4, 0.5) is 22.0 Å². The van der Waals surface area contributed by atoms with Gasteiger partial charge in [-0.15, -0.1) is 0 Å². The van der Waals surface area contributed by atoms with E-state index in [1.807, 2.05) is 30.3 Å². The number of nitrogens with two attached hydrogens (primary N) is 1. The van der Waals surface area contributed by atoms with E-state index < -0.39 is 5.82 Å². The number of para-hydroxylation sites is 1. The van der Waals surface area contributed by atoms with Crippen LogP contribution < -0.4 is 11.1 Å².